The summed E-state index contributed by atoms with van der Waals surface area (Å²) in [6.07, 6.45) is -0.943. The molecule has 0 fully saturated rings. The third kappa shape index (κ3) is 3.24. The molecule has 0 radical (unpaired) electrons. The number of aliphatic hydroxyl groups is 2. The number of halogens is 1. The molecule has 126 valence electrons. The average Bonchev–Trinajstić information content (AvgIpc) is 2.95. The SMILES string of the molecule is C[C@H](C(=O)NC[C@H](O)CO)c1ccc2c(c1)[nH]c1ccc(Cl)cc12. The van der Waals surface area contributed by atoms with Gasteiger partial charge in [0.05, 0.1) is 18.6 Å². The van der Waals surface area contributed by atoms with Gasteiger partial charge in [0.1, 0.15) is 0 Å². The van der Waals surface area contributed by atoms with Gasteiger partial charge in [-0.15, -0.1) is 0 Å². The van der Waals surface area contributed by atoms with E-state index in [4.69, 9.17) is 16.7 Å². The van der Waals surface area contributed by atoms with Crippen molar-refractivity contribution in [3.05, 3.63) is 47.0 Å². The van der Waals surface area contributed by atoms with Crippen LogP contribution in [0.2, 0.25) is 5.02 Å². The first-order chi connectivity index (χ1) is 11.5. The third-order valence-electron chi connectivity index (χ3n) is 4.20. The summed E-state index contributed by atoms with van der Waals surface area (Å²) in [6, 6.07) is 11.5. The standard InChI is InChI=1S/C18H19ClN2O3/c1-10(18(24)20-8-13(23)9-22)11-2-4-14-15-7-12(19)3-5-16(15)21-17(14)6-11/h2-7,10,13,21-23H,8-9H2,1H3,(H,20,24)/t10-,13-/m0/s1. The van der Waals surface area contributed by atoms with Crippen LogP contribution in [0.15, 0.2) is 36.4 Å². The van der Waals surface area contributed by atoms with Crippen molar-refractivity contribution in [2.24, 2.45) is 0 Å². The Morgan fingerprint density at radius 1 is 1.21 bits per heavy atom. The monoisotopic (exact) mass is 346 g/mol. The van der Waals surface area contributed by atoms with E-state index in [-0.39, 0.29) is 25.0 Å². The highest BCUT2D eigenvalue weighted by atomic mass is 35.5. The number of aromatic nitrogens is 1. The number of amides is 1. The van der Waals surface area contributed by atoms with Crippen molar-refractivity contribution in [3.8, 4) is 0 Å². The zero-order valence-corrected chi connectivity index (χ0v) is 14.0. The fourth-order valence-corrected chi connectivity index (χ4v) is 2.92. The Labute approximate surface area is 144 Å². The Bertz CT molecular complexity index is 890. The summed E-state index contributed by atoms with van der Waals surface area (Å²) in [5, 5.41) is 23.5. The van der Waals surface area contributed by atoms with Crippen molar-refractivity contribution < 1.29 is 15.0 Å². The van der Waals surface area contributed by atoms with Crippen molar-refractivity contribution in [3.63, 3.8) is 0 Å². The molecule has 1 aromatic heterocycles. The molecule has 2 atom stereocenters. The smallest absolute Gasteiger partial charge is 0.227 e. The van der Waals surface area contributed by atoms with E-state index in [9.17, 15) is 9.90 Å². The number of hydrogen-bond donors (Lipinski definition) is 4. The molecule has 0 spiro atoms. The molecular weight excluding hydrogens is 328 g/mol. The van der Waals surface area contributed by atoms with E-state index in [1.54, 1.807) is 6.92 Å². The lowest BCUT2D eigenvalue weighted by Crippen LogP contribution is -2.36. The van der Waals surface area contributed by atoms with Gasteiger partial charge >= 0.3 is 0 Å². The van der Waals surface area contributed by atoms with Crippen LogP contribution in [0, 0.1) is 0 Å². The first-order valence-corrected chi connectivity index (χ1v) is 8.15. The maximum atomic E-state index is 12.2. The molecular formula is C18H19ClN2O3. The molecule has 0 bridgehead atoms. The number of nitrogens with one attached hydrogen (secondary N) is 2. The van der Waals surface area contributed by atoms with Gasteiger partial charge in [0.15, 0.2) is 0 Å². The zero-order chi connectivity index (χ0) is 17.3. The number of aromatic amines is 1. The van der Waals surface area contributed by atoms with E-state index in [2.05, 4.69) is 10.3 Å². The van der Waals surface area contributed by atoms with E-state index in [0.717, 1.165) is 27.4 Å². The van der Waals surface area contributed by atoms with E-state index in [1.807, 2.05) is 36.4 Å². The van der Waals surface area contributed by atoms with Gasteiger partial charge in [-0.1, -0.05) is 23.7 Å². The highest BCUT2D eigenvalue weighted by Crippen LogP contribution is 2.30. The van der Waals surface area contributed by atoms with Crippen molar-refractivity contribution >= 4 is 39.3 Å². The van der Waals surface area contributed by atoms with E-state index < -0.39 is 6.10 Å². The van der Waals surface area contributed by atoms with Gasteiger partial charge in [-0.3, -0.25) is 4.79 Å². The molecule has 0 aliphatic heterocycles. The minimum atomic E-state index is -0.943. The Morgan fingerprint density at radius 3 is 2.75 bits per heavy atom. The predicted molar refractivity (Wildman–Crippen MR) is 95.3 cm³/mol. The van der Waals surface area contributed by atoms with E-state index in [0.29, 0.717) is 5.02 Å². The van der Waals surface area contributed by atoms with Gasteiger partial charge in [-0.05, 0) is 36.8 Å². The molecule has 2 aromatic carbocycles. The third-order valence-corrected chi connectivity index (χ3v) is 4.44. The number of benzene rings is 2. The largest absolute Gasteiger partial charge is 0.394 e. The van der Waals surface area contributed by atoms with Crippen LogP contribution in [0.1, 0.15) is 18.4 Å². The normalized spacial score (nSPS) is 14.0. The number of carbonyl (C=O) groups is 1. The molecule has 0 saturated heterocycles. The highest BCUT2D eigenvalue weighted by molar-refractivity contribution is 6.31. The van der Waals surface area contributed by atoms with Crippen LogP contribution >= 0.6 is 11.6 Å². The van der Waals surface area contributed by atoms with E-state index >= 15 is 0 Å². The van der Waals surface area contributed by atoms with Crippen LogP contribution in [0.25, 0.3) is 21.8 Å². The molecule has 5 nitrogen and oxygen atoms in total. The molecule has 24 heavy (non-hydrogen) atoms. The fourth-order valence-electron chi connectivity index (χ4n) is 2.75. The van der Waals surface area contributed by atoms with Crippen LogP contribution in [0.5, 0.6) is 0 Å². The second kappa shape index (κ2) is 6.81. The van der Waals surface area contributed by atoms with Crippen molar-refractivity contribution in [1.82, 2.24) is 10.3 Å². The maximum Gasteiger partial charge on any atom is 0.227 e. The molecule has 0 saturated carbocycles. The van der Waals surface area contributed by atoms with Crippen molar-refractivity contribution in [2.45, 2.75) is 18.9 Å². The molecule has 4 N–H and O–H groups in total. The van der Waals surface area contributed by atoms with Gasteiger partial charge in [-0.2, -0.15) is 0 Å². The number of carbonyl (C=O) groups excluding carboxylic acids is 1. The van der Waals surface area contributed by atoms with Gasteiger partial charge < -0.3 is 20.5 Å². The molecule has 3 aromatic rings. The summed E-state index contributed by atoms with van der Waals surface area (Å²) in [5.41, 5.74) is 2.81. The fraction of sp³-hybridized carbons (Fsp3) is 0.278. The molecule has 6 heteroatoms. The lowest BCUT2D eigenvalue weighted by molar-refractivity contribution is -0.122. The minimum Gasteiger partial charge on any atom is -0.394 e. The number of fused-ring (bicyclic) bond motifs is 3. The Kier molecular flexibility index (Phi) is 4.76. The topological polar surface area (TPSA) is 85.3 Å². The summed E-state index contributed by atoms with van der Waals surface area (Å²) >= 11 is 6.07. The number of H-pyrrole nitrogens is 1. The lowest BCUT2D eigenvalue weighted by atomic mass is 9.98. The Balaban J connectivity index is 1.87. The number of rotatable bonds is 5. The summed E-state index contributed by atoms with van der Waals surface area (Å²) in [4.78, 5) is 15.5. The summed E-state index contributed by atoms with van der Waals surface area (Å²) in [6.45, 7) is 1.46. The molecule has 1 amide bonds. The number of aliphatic hydroxyl groups excluding tert-OH is 2. The molecule has 0 unspecified atom stereocenters. The second-order valence-corrected chi connectivity index (χ2v) is 6.36. The Hall–Kier alpha value is -2.08. The van der Waals surface area contributed by atoms with Crippen molar-refractivity contribution in [1.29, 1.82) is 0 Å². The van der Waals surface area contributed by atoms with E-state index in [1.165, 1.54) is 0 Å². The number of hydrogen-bond acceptors (Lipinski definition) is 3. The van der Waals surface area contributed by atoms with Gasteiger partial charge in [-0.25, -0.2) is 0 Å². The van der Waals surface area contributed by atoms with Gasteiger partial charge in [0.2, 0.25) is 5.91 Å². The molecule has 0 aliphatic carbocycles. The van der Waals surface area contributed by atoms with Gasteiger partial charge in [0.25, 0.3) is 0 Å². The average molecular weight is 347 g/mol. The van der Waals surface area contributed by atoms with Crippen LogP contribution in [-0.4, -0.2) is 40.4 Å². The first-order valence-electron chi connectivity index (χ1n) is 7.77. The molecule has 3 rings (SSSR count). The molecule has 1 heterocycles. The summed E-state index contributed by atoms with van der Waals surface area (Å²) in [7, 11) is 0. The van der Waals surface area contributed by atoms with Gasteiger partial charge in [0, 0.05) is 33.4 Å². The first kappa shape index (κ1) is 16.8. The maximum absolute atomic E-state index is 12.2. The molecule has 0 aliphatic rings. The highest BCUT2D eigenvalue weighted by Gasteiger charge is 2.17. The van der Waals surface area contributed by atoms with Crippen LogP contribution < -0.4 is 5.32 Å². The minimum absolute atomic E-state index is 0.0345. The summed E-state index contributed by atoms with van der Waals surface area (Å²) < 4.78 is 0. The van der Waals surface area contributed by atoms with Crippen molar-refractivity contribution in [2.75, 3.05) is 13.2 Å². The summed E-state index contributed by atoms with van der Waals surface area (Å²) in [5.74, 6) is -0.559. The van der Waals surface area contributed by atoms with Crippen LogP contribution in [0.3, 0.4) is 0 Å². The Morgan fingerprint density at radius 2 is 2.00 bits per heavy atom. The van der Waals surface area contributed by atoms with Crippen LogP contribution in [-0.2, 0) is 4.79 Å². The lowest BCUT2D eigenvalue weighted by Gasteiger charge is -2.14. The van der Waals surface area contributed by atoms with Crippen LogP contribution in [0.4, 0.5) is 0 Å². The quantitative estimate of drug-likeness (QED) is 0.572. The predicted octanol–water partition coefficient (Wildman–Crippen LogP) is 2.55. The zero-order valence-electron chi connectivity index (χ0n) is 13.2. The second-order valence-electron chi connectivity index (χ2n) is 5.92.